The largest absolute Gasteiger partial charge is 0.497 e. The van der Waals surface area contributed by atoms with Crippen molar-refractivity contribution < 1.29 is 14.2 Å². The zero-order valence-corrected chi connectivity index (χ0v) is 15.4. The van der Waals surface area contributed by atoms with E-state index in [1.54, 1.807) is 14.2 Å². The Morgan fingerprint density at radius 3 is 2.67 bits per heavy atom. The number of nitrogens with one attached hydrogen (secondary N) is 1. The Labute approximate surface area is 158 Å². The summed E-state index contributed by atoms with van der Waals surface area (Å²) in [5.74, 6) is 1.95. The summed E-state index contributed by atoms with van der Waals surface area (Å²) in [5.41, 5.74) is 4.51. The van der Waals surface area contributed by atoms with Gasteiger partial charge in [-0.2, -0.15) is 0 Å². The molecule has 5 rings (SSSR count). The Hall–Kier alpha value is -2.79. The van der Waals surface area contributed by atoms with E-state index in [1.165, 1.54) is 10.9 Å². The van der Waals surface area contributed by atoms with Crippen molar-refractivity contribution in [2.45, 2.75) is 18.6 Å². The second-order valence-electron chi connectivity index (χ2n) is 7.11. The molecule has 2 aliphatic rings. The summed E-state index contributed by atoms with van der Waals surface area (Å²) in [7, 11) is 3.37. The highest BCUT2D eigenvalue weighted by Crippen LogP contribution is 2.52. The zero-order chi connectivity index (χ0) is 18.4. The molecule has 0 saturated carbocycles. The molecule has 0 spiro atoms. The minimum atomic E-state index is 0.0661. The monoisotopic (exact) mass is 362 g/mol. The molecule has 1 N–H and O–H groups in total. The molecule has 3 atom stereocenters. The van der Waals surface area contributed by atoms with E-state index < -0.39 is 0 Å². The molecule has 5 nitrogen and oxygen atoms in total. The molecule has 0 amide bonds. The fourth-order valence-electron chi connectivity index (χ4n) is 4.47. The SMILES string of the molecule is COc1cc(OC)cc([C@H]2Nc3ccc4ncccc4c3[C@@H]3OCC[C@H]23)c1. The van der Waals surface area contributed by atoms with Crippen molar-refractivity contribution in [1.82, 2.24) is 4.98 Å². The Balaban J connectivity index is 1.64. The van der Waals surface area contributed by atoms with Gasteiger partial charge in [0, 0.05) is 41.4 Å². The van der Waals surface area contributed by atoms with Crippen molar-refractivity contribution in [2.24, 2.45) is 5.92 Å². The van der Waals surface area contributed by atoms with E-state index in [9.17, 15) is 0 Å². The number of aromatic nitrogens is 1. The third-order valence-corrected chi connectivity index (χ3v) is 5.72. The van der Waals surface area contributed by atoms with Crippen LogP contribution >= 0.6 is 0 Å². The second kappa shape index (κ2) is 6.43. The van der Waals surface area contributed by atoms with Crippen molar-refractivity contribution in [3.8, 4) is 11.5 Å². The maximum Gasteiger partial charge on any atom is 0.122 e. The van der Waals surface area contributed by atoms with Crippen molar-refractivity contribution >= 4 is 16.6 Å². The summed E-state index contributed by atoms with van der Waals surface area (Å²) >= 11 is 0. The fraction of sp³-hybridized carbons (Fsp3) is 0.318. The van der Waals surface area contributed by atoms with Gasteiger partial charge in [0.2, 0.25) is 0 Å². The van der Waals surface area contributed by atoms with Gasteiger partial charge in [-0.25, -0.2) is 0 Å². The summed E-state index contributed by atoms with van der Waals surface area (Å²) in [6.45, 7) is 0.769. The topological polar surface area (TPSA) is 52.6 Å². The van der Waals surface area contributed by atoms with Crippen LogP contribution in [-0.4, -0.2) is 25.8 Å². The van der Waals surface area contributed by atoms with E-state index in [1.807, 2.05) is 18.3 Å². The minimum absolute atomic E-state index is 0.0661. The maximum atomic E-state index is 6.23. The summed E-state index contributed by atoms with van der Waals surface area (Å²) < 4.78 is 17.2. The van der Waals surface area contributed by atoms with Crippen LogP contribution in [0.25, 0.3) is 10.9 Å². The predicted molar refractivity (Wildman–Crippen MR) is 104 cm³/mol. The molecule has 0 radical (unpaired) electrons. The number of fused-ring (bicyclic) bond motifs is 5. The first-order valence-electron chi connectivity index (χ1n) is 9.27. The van der Waals surface area contributed by atoms with Crippen LogP contribution in [0.2, 0.25) is 0 Å². The number of nitrogens with zero attached hydrogens (tertiary/aromatic N) is 1. The Morgan fingerprint density at radius 1 is 1.07 bits per heavy atom. The number of hydrogen-bond acceptors (Lipinski definition) is 5. The molecular formula is C22H22N2O3. The van der Waals surface area contributed by atoms with Gasteiger partial charge < -0.3 is 19.5 Å². The summed E-state index contributed by atoms with van der Waals surface area (Å²) in [6.07, 6.45) is 2.91. The van der Waals surface area contributed by atoms with Crippen molar-refractivity contribution in [3.63, 3.8) is 0 Å². The number of ether oxygens (including phenoxy) is 3. The fourth-order valence-corrected chi connectivity index (χ4v) is 4.47. The van der Waals surface area contributed by atoms with Crippen molar-refractivity contribution in [1.29, 1.82) is 0 Å². The van der Waals surface area contributed by atoms with E-state index in [0.717, 1.165) is 41.3 Å². The molecular weight excluding hydrogens is 340 g/mol. The molecule has 138 valence electrons. The van der Waals surface area contributed by atoms with Crippen LogP contribution in [0, 0.1) is 5.92 Å². The van der Waals surface area contributed by atoms with Gasteiger partial charge in [0.05, 0.1) is 31.9 Å². The molecule has 0 aliphatic carbocycles. The van der Waals surface area contributed by atoms with E-state index in [-0.39, 0.29) is 12.1 Å². The molecule has 27 heavy (non-hydrogen) atoms. The van der Waals surface area contributed by atoms with E-state index in [2.05, 4.69) is 40.6 Å². The molecule has 1 saturated heterocycles. The van der Waals surface area contributed by atoms with Crippen LogP contribution in [0.1, 0.15) is 29.7 Å². The highest BCUT2D eigenvalue weighted by Gasteiger charge is 2.42. The first-order chi connectivity index (χ1) is 13.3. The molecule has 1 fully saturated rings. The smallest absolute Gasteiger partial charge is 0.122 e. The predicted octanol–water partition coefficient (Wildman–Crippen LogP) is 4.50. The minimum Gasteiger partial charge on any atom is -0.497 e. The van der Waals surface area contributed by atoms with Crippen LogP contribution < -0.4 is 14.8 Å². The van der Waals surface area contributed by atoms with Crippen molar-refractivity contribution in [2.75, 3.05) is 26.1 Å². The second-order valence-corrected chi connectivity index (χ2v) is 7.11. The Kier molecular flexibility index (Phi) is 3.90. The first kappa shape index (κ1) is 16.4. The third kappa shape index (κ3) is 2.61. The lowest BCUT2D eigenvalue weighted by Crippen LogP contribution is -2.29. The van der Waals surface area contributed by atoms with E-state index in [4.69, 9.17) is 14.2 Å². The van der Waals surface area contributed by atoms with Crippen LogP contribution in [0.4, 0.5) is 5.69 Å². The first-order valence-corrected chi connectivity index (χ1v) is 9.27. The number of anilines is 1. The van der Waals surface area contributed by atoms with Crippen LogP contribution in [0.5, 0.6) is 11.5 Å². The molecule has 1 aromatic heterocycles. The van der Waals surface area contributed by atoms with Crippen LogP contribution in [0.15, 0.2) is 48.7 Å². The third-order valence-electron chi connectivity index (χ3n) is 5.72. The highest BCUT2D eigenvalue weighted by atomic mass is 16.5. The quantitative estimate of drug-likeness (QED) is 0.744. The molecule has 5 heteroatoms. The van der Waals surface area contributed by atoms with Gasteiger partial charge in [-0.3, -0.25) is 4.98 Å². The lowest BCUT2D eigenvalue weighted by atomic mass is 9.80. The van der Waals surface area contributed by atoms with Gasteiger partial charge >= 0.3 is 0 Å². The zero-order valence-electron chi connectivity index (χ0n) is 15.4. The molecule has 2 aliphatic heterocycles. The molecule has 3 aromatic rings. The maximum absolute atomic E-state index is 6.23. The van der Waals surface area contributed by atoms with Crippen LogP contribution in [-0.2, 0) is 4.74 Å². The normalized spacial score (nSPS) is 23.4. The average Bonchev–Trinajstić information content (AvgIpc) is 3.22. The lowest BCUT2D eigenvalue weighted by Gasteiger charge is -2.37. The number of benzene rings is 2. The molecule has 0 bridgehead atoms. The van der Waals surface area contributed by atoms with E-state index in [0.29, 0.717) is 5.92 Å². The van der Waals surface area contributed by atoms with Gasteiger partial charge in [0.25, 0.3) is 0 Å². The van der Waals surface area contributed by atoms with Gasteiger partial charge in [-0.1, -0.05) is 6.07 Å². The molecule has 0 unspecified atom stereocenters. The Morgan fingerprint density at radius 2 is 1.89 bits per heavy atom. The highest BCUT2D eigenvalue weighted by molar-refractivity contribution is 5.88. The summed E-state index contributed by atoms with van der Waals surface area (Å²) in [4.78, 5) is 4.51. The van der Waals surface area contributed by atoms with Gasteiger partial charge in [0.15, 0.2) is 0 Å². The number of rotatable bonds is 3. The standard InChI is InChI=1S/C22H22N2O3/c1-25-14-10-13(11-15(12-14)26-2)21-17-7-9-27-22(17)20-16-4-3-8-23-18(16)5-6-19(20)24-21/h3-6,8,10-12,17,21-22,24H,7,9H2,1-2H3/t17-,21-,22-/m1/s1. The number of hydrogen-bond donors (Lipinski definition) is 1. The van der Waals surface area contributed by atoms with Crippen molar-refractivity contribution in [3.05, 3.63) is 59.8 Å². The average molecular weight is 362 g/mol. The molecule has 3 heterocycles. The van der Waals surface area contributed by atoms with Gasteiger partial charge in [-0.05, 0) is 42.3 Å². The number of pyridine rings is 1. The number of methoxy groups -OCH3 is 2. The molecule has 2 aromatic carbocycles. The van der Waals surface area contributed by atoms with Crippen LogP contribution in [0.3, 0.4) is 0 Å². The Bertz CT molecular complexity index is 982. The lowest BCUT2D eigenvalue weighted by molar-refractivity contribution is 0.0841. The summed E-state index contributed by atoms with van der Waals surface area (Å²) in [6, 6.07) is 14.5. The summed E-state index contributed by atoms with van der Waals surface area (Å²) in [5, 5.41) is 4.93. The van der Waals surface area contributed by atoms with E-state index >= 15 is 0 Å². The van der Waals surface area contributed by atoms with Gasteiger partial charge in [-0.15, -0.1) is 0 Å². The van der Waals surface area contributed by atoms with Gasteiger partial charge in [0.1, 0.15) is 11.5 Å².